The third-order valence-corrected chi connectivity index (χ3v) is 3.18. The Bertz CT molecular complexity index is 547. The van der Waals surface area contributed by atoms with Crippen molar-refractivity contribution >= 4 is 51.9 Å². The van der Waals surface area contributed by atoms with Gasteiger partial charge in [-0.3, -0.25) is 9.35 Å². The summed E-state index contributed by atoms with van der Waals surface area (Å²) in [5, 5.41) is 0.518. The molecule has 2 aliphatic heterocycles. The minimum absolute atomic E-state index is 0. The van der Waals surface area contributed by atoms with E-state index < -0.39 is 34.4 Å². The van der Waals surface area contributed by atoms with Crippen molar-refractivity contribution < 1.29 is 26.8 Å². The van der Waals surface area contributed by atoms with Crippen molar-refractivity contribution in [2.45, 2.75) is 19.0 Å². The van der Waals surface area contributed by atoms with Gasteiger partial charge >= 0.3 is 46.0 Å². The number of hydrogen-bond donors (Lipinski definition) is 2. The molecule has 2 atom stereocenters. The Balaban J connectivity index is 0.00000180. The van der Waals surface area contributed by atoms with E-state index >= 15 is 0 Å². The molecule has 1 fully saturated rings. The van der Waals surface area contributed by atoms with E-state index in [4.69, 9.17) is 10.3 Å². The van der Waals surface area contributed by atoms with Gasteiger partial charge in [-0.25, -0.2) is 4.79 Å². The normalized spacial score (nSPS) is 26.0. The molecule has 1 saturated heterocycles. The molecule has 3 amide bonds. The third-order valence-electron chi connectivity index (χ3n) is 2.84. The minimum atomic E-state index is -4.81. The molecule has 0 spiro atoms. The Labute approximate surface area is 131 Å². The summed E-state index contributed by atoms with van der Waals surface area (Å²) < 4.78 is 34.1. The van der Waals surface area contributed by atoms with Gasteiger partial charge < -0.3 is 10.6 Å². The molecule has 3 N–H and O–H groups in total. The Kier molecular flexibility index (Phi) is 4.65. The zero-order chi connectivity index (χ0) is 13.7. The summed E-state index contributed by atoms with van der Waals surface area (Å²) in [6.45, 7) is 1.68. The van der Waals surface area contributed by atoms with E-state index in [-0.39, 0.29) is 36.1 Å². The molecule has 11 heteroatoms. The van der Waals surface area contributed by atoms with Crippen molar-refractivity contribution in [1.29, 1.82) is 0 Å². The molecule has 102 valence electrons. The molecule has 0 aliphatic carbocycles. The van der Waals surface area contributed by atoms with Gasteiger partial charge in [0.25, 0.3) is 0 Å². The van der Waals surface area contributed by atoms with Gasteiger partial charge in [-0.2, -0.15) is 13.5 Å². The van der Waals surface area contributed by atoms with Crippen LogP contribution in [-0.4, -0.2) is 83.1 Å². The van der Waals surface area contributed by atoms with Gasteiger partial charge in [0.15, 0.2) is 0 Å². The summed E-state index contributed by atoms with van der Waals surface area (Å²) in [5.74, 6) is -0.727. The first-order chi connectivity index (χ1) is 8.20. The van der Waals surface area contributed by atoms with E-state index in [9.17, 15) is 18.0 Å². The topological polar surface area (TPSA) is 130 Å². The fourth-order valence-corrected chi connectivity index (χ4v) is 2.40. The van der Waals surface area contributed by atoms with Gasteiger partial charge in [-0.05, 0) is 12.5 Å². The van der Waals surface area contributed by atoms with Crippen molar-refractivity contribution in [3.05, 3.63) is 11.6 Å². The quantitative estimate of drug-likeness (QED) is 0.352. The monoisotopic (exact) mass is 301 g/mol. The van der Waals surface area contributed by atoms with Crippen LogP contribution in [0.5, 0.6) is 0 Å². The number of rotatable bonds is 3. The van der Waals surface area contributed by atoms with Gasteiger partial charge in [0.05, 0.1) is 6.54 Å². The summed E-state index contributed by atoms with van der Waals surface area (Å²) in [7, 11) is -4.81. The van der Waals surface area contributed by atoms with Crippen LogP contribution in [-0.2, 0) is 19.5 Å². The predicted octanol–water partition coefficient (Wildman–Crippen LogP) is -2.01. The molecule has 0 aromatic carbocycles. The Morgan fingerprint density at radius 3 is 2.63 bits per heavy atom. The molecular weight excluding hydrogens is 289 g/mol. The molecule has 0 radical (unpaired) electrons. The molecule has 2 bridgehead atoms. The van der Waals surface area contributed by atoms with Crippen LogP contribution in [0.4, 0.5) is 4.79 Å². The van der Waals surface area contributed by atoms with Crippen molar-refractivity contribution in [1.82, 2.24) is 9.96 Å². The van der Waals surface area contributed by atoms with E-state index in [0.717, 1.165) is 4.90 Å². The molecule has 0 aromatic heterocycles. The van der Waals surface area contributed by atoms with Crippen LogP contribution in [0.2, 0.25) is 0 Å². The van der Waals surface area contributed by atoms with Crippen LogP contribution >= 0.6 is 0 Å². The molecule has 0 aromatic rings. The fraction of sp³-hybridized carbons (Fsp3) is 0.500. The second-order valence-corrected chi connectivity index (χ2v) is 5.04. The van der Waals surface area contributed by atoms with Crippen LogP contribution in [0.1, 0.15) is 6.92 Å². The van der Waals surface area contributed by atoms with E-state index in [1.54, 1.807) is 6.92 Å². The summed E-state index contributed by atoms with van der Waals surface area (Å²) in [4.78, 5) is 24.1. The first kappa shape index (κ1) is 16.4. The maximum atomic E-state index is 11.8. The fourth-order valence-electron chi connectivity index (χ4n) is 2.03. The van der Waals surface area contributed by atoms with Gasteiger partial charge in [0, 0.05) is 0 Å². The van der Waals surface area contributed by atoms with Gasteiger partial charge in [-0.1, -0.05) is 6.08 Å². The SMILES string of the molecule is CC1=CC(C(N)=O)N2CC1N(OS(=O)(=O)O)C2=O.[NaH]. The molecule has 2 aliphatic rings. The summed E-state index contributed by atoms with van der Waals surface area (Å²) >= 11 is 0. The number of urea groups is 1. The standard InChI is InChI=1S/C8H11N3O6S.Na.H/c1-4-2-5(7(9)12)10-3-6(4)11(8(10)13)17-18(14,15)16;;/h2,5-6H,3H2,1H3,(H2,9,12)(H,14,15,16);;. The number of nitrogens with zero attached hydrogens (tertiary/aromatic N) is 2. The number of carbonyl (C=O) groups is 2. The number of nitrogens with two attached hydrogens (primary N) is 1. The van der Waals surface area contributed by atoms with E-state index in [1.165, 1.54) is 6.08 Å². The molecule has 19 heavy (non-hydrogen) atoms. The number of hydrogen-bond acceptors (Lipinski definition) is 5. The third kappa shape index (κ3) is 3.09. The van der Waals surface area contributed by atoms with Crippen molar-refractivity contribution in [3.8, 4) is 0 Å². The molecule has 0 saturated carbocycles. The molecular formula is C8H12N3NaO6S. The molecule has 9 nitrogen and oxygen atoms in total. The average molecular weight is 301 g/mol. The number of carbonyl (C=O) groups excluding carboxylic acids is 2. The van der Waals surface area contributed by atoms with Gasteiger partial charge in [-0.15, -0.1) is 4.28 Å². The summed E-state index contributed by atoms with van der Waals surface area (Å²) in [6, 6.07) is -2.45. The maximum absolute atomic E-state index is 11.8. The predicted molar refractivity (Wildman–Crippen MR) is 64.3 cm³/mol. The first-order valence-corrected chi connectivity index (χ1v) is 6.31. The first-order valence-electron chi connectivity index (χ1n) is 4.95. The Morgan fingerprint density at radius 2 is 2.16 bits per heavy atom. The molecule has 2 unspecified atom stereocenters. The molecule has 2 heterocycles. The van der Waals surface area contributed by atoms with Crippen LogP contribution in [0, 0.1) is 0 Å². The van der Waals surface area contributed by atoms with Crippen LogP contribution in [0.15, 0.2) is 11.6 Å². The Hall–Kier alpha value is -0.650. The second-order valence-electron chi connectivity index (χ2n) is 4.04. The van der Waals surface area contributed by atoms with Crippen molar-refractivity contribution in [3.63, 3.8) is 0 Å². The zero-order valence-corrected chi connectivity index (χ0v) is 10.1. The van der Waals surface area contributed by atoms with E-state index in [2.05, 4.69) is 4.28 Å². The number of hydroxylamine groups is 2. The van der Waals surface area contributed by atoms with E-state index in [1.807, 2.05) is 0 Å². The van der Waals surface area contributed by atoms with Gasteiger partial charge in [0.2, 0.25) is 5.91 Å². The number of fused-ring (bicyclic) bond motifs is 2. The van der Waals surface area contributed by atoms with Gasteiger partial charge in [0.1, 0.15) is 12.1 Å². The summed E-state index contributed by atoms with van der Waals surface area (Å²) in [6.07, 6.45) is 1.46. The Morgan fingerprint density at radius 1 is 1.58 bits per heavy atom. The second kappa shape index (κ2) is 5.38. The van der Waals surface area contributed by atoms with Crippen molar-refractivity contribution in [2.24, 2.45) is 5.73 Å². The molecule has 2 rings (SSSR count). The van der Waals surface area contributed by atoms with Crippen LogP contribution < -0.4 is 5.73 Å². The average Bonchev–Trinajstić information content (AvgIpc) is 2.47. The zero-order valence-electron chi connectivity index (χ0n) is 9.31. The number of amides is 3. The van der Waals surface area contributed by atoms with Crippen molar-refractivity contribution in [2.75, 3.05) is 6.54 Å². The van der Waals surface area contributed by atoms with Crippen LogP contribution in [0.3, 0.4) is 0 Å². The van der Waals surface area contributed by atoms with Crippen LogP contribution in [0.25, 0.3) is 0 Å². The number of primary amides is 1. The van der Waals surface area contributed by atoms with E-state index in [0.29, 0.717) is 10.6 Å². The summed E-state index contributed by atoms with van der Waals surface area (Å²) in [5.41, 5.74) is 5.70.